The third-order valence-electron chi connectivity index (χ3n) is 6.87. The standard InChI is InChI=1S/C27H43N3O7S/c1-19(2)16-22(25(32)29-28)24(26(33)30-37-23-12-8-9-15-36-23)27(38(4,34)35,17-20(3)18-31)14-13-21-10-6-5-7-11-21/h5-7,10-11,13-14,19-20,22-24,31H,8-9,12,15-18,28H2,1-4H3,(H,29,32)(H,30,33)/b14-13+/t20-,22-,23?,24+,27?/m1/s1. The average molecular weight is 554 g/mol. The maximum Gasteiger partial charge on any atom is 0.249 e. The van der Waals surface area contributed by atoms with Gasteiger partial charge in [0.1, 0.15) is 4.75 Å². The van der Waals surface area contributed by atoms with E-state index < -0.39 is 50.4 Å². The Balaban J connectivity index is 2.72. The van der Waals surface area contributed by atoms with Crippen molar-refractivity contribution in [2.75, 3.05) is 19.5 Å². The van der Waals surface area contributed by atoms with Crippen LogP contribution in [-0.2, 0) is 29.0 Å². The van der Waals surface area contributed by atoms with Gasteiger partial charge in [-0.2, -0.15) is 0 Å². The fraction of sp³-hybridized carbons (Fsp3) is 0.630. The smallest absolute Gasteiger partial charge is 0.249 e. The van der Waals surface area contributed by atoms with Crippen molar-refractivity contribution >= 4 is 27.7 Å². The van der Waals surface area contributed by atoms with Gasteiger partial charge in [0, 0.05) is 25.9 Å². The number of ether oxygens (including phenoxy) is 1. The number of benzene rings is 1. The van der Waals surface area contributed by atoms with Crippen LogP contribution in [0.2, 0.25) is 0 Å². The lowest BCUT2D eigenvalue weighted by molar-refractivity contribution is -0.203. The number of carbonyl (C=O) groups excluding carboxylic acids is 2. The first-order chi connectivity index (χ1) is 17.9. The van der Waals surface area contributed by atoms with Crippen LogP contribution in [0.5, 0.6) is 0 Å². The molecule has 1 aliphatic rings. The summed E-state index contributed by atoms with van der Waals surface area (Å²) in [6.07, 6.45) is 5.85. The van der Waals surface area contributed by atoms with Crippen LogP contribution < -0.4 is 16.7 Å². The first kappa shape index (κ1) is 31.9. The van der Waals surface area contributed by atoms with E-state index in [1.807, 2.05) is 32.0 Å². The fourth-order valence-corrected chi connectivity index (χ4v) is 6.60. The van der Waals surface area contributed by atoms with E-state index in [-0.39, 0.29) is 25.4 Å². The molecule has 1 heterocycles. The Morgan fingerprint density at radius 2 is 1.89 bits per heavy atom. The summed E-state index contributed by atoms with van der Waals surface area (Å²) in [6.45, 7) is 5.61. The molecule has 0 bridgehead atoms. The van der Waals surface area contributed by atoms with Gasteiger partial charge in [0.2, 0.25) is 11.8 Å². The predicted octanol–water partition coefficient (Wildman–Crippen LogP) is 2.34. The molecule has 1 aliphatic heterocycles. The molecule has 2 amide bonds. The van der Waals surface area contributed by atoms with Crippen molar-refractivity contribution in [3.63, 3.8) is 0 Å². The first-order valence-corrected chi connectivity index (χ1v) is 15.0. The molecule has 0 aromatic heterocycles. The molecule has 1 aromatic rings. The third-order valence-corrected chi connectivity index (χ3v) is 8.81. The second kappa shape index (κ2) is 14.7. The van der Waals surface area contributed by atoms with Crippen LogP contribution in [0, 0.1) is 23.7 Å². The largest absolute Gasteiger partial charge is 0.396 e. The minimum atomic E-state index is -4.08. The molecule has 1 aromatic carbocycles. The Labute approximate surface area is 226 Å². The summed E-state index contributed by atoms with van der Waals surface area (Å²) >= 11 is 0. The number of hydrazine groups is 1. The summed E-state index contributed by atoms with van der Waals surface area (Å²) in [7, 11) is -4.08. The van der Waals surface area contributed by atoms with Crippen LogP contribution >= 0.6 is 0 Å². The molecule has 0 spiro atoms. The highest BCUT2D eigenvalue weighted by molar-refractivity contribution is 7.92. The lowest BCUT2D eigenvalue weighted by Gasteiger charge is -2.41. The highest BCUT2D eigenvalue weighted by Crippen LogP contribution is 2.42. The summed E-state index contributed by atoms with van der Waals surface area (Å²) in [5.74, 6) is 0.972. The van der Waals surface area contributed by atoms with E-state index in [1.54, 1.807) is 25.1 Å². The number of rotatable bonds is 14. The molecule has 2 rings (SSSR count). The predicted molar refractivity (Wildman–Crippen MR) is 146 cm³/mol. The number of amides is 2. The molecular formula is C27H43N3O7S. The Morgan fingerprint density at radius 1 is 1.21 bits per heavy atom. The van der Waals surface area contributed by atoms with E-state index in [1.165, 1.54) is 6.08 Å². The molecule has 5 atom stereocenters. The van der Waals surface area contributed by atoms with Crippen LogP contribution in [0.1, 0.15) is 58.4 Å². The van der Waals surface area contributed by atoms with Gasteiger partial charge in [-0.05, 0) is 43.1 Å². The summed E-state index contributed by atoms with van der Waals surface area (Å²) in [5.41, 5.74) is 5.24. The Morgan fingerprint density at radius 3 is 2.42 bits per heavy atom. The van der Waals surface area contributed by atoms with Crippen molar-refractivity contribution in [2.24, 2.45) is 29.5 Å². The first-order valence-electron chi connectivity index (χ1n) is 13.1. The van der Waals surface area contributed by atoms with Crippen molar-refractivity contribution in [1.82, 2.24) is 10.9 Å². The van der Waals surface area contributed by atoms with Crippen molar-refractivity contribution in [2.45, 2.75) is 63.9 Å². The molecule has 10 nitrogen and oxygen atoms in total. The van der Waals surface area contributed by atoms with E-state index in [0.29, 0.717) is 18.6 Å². The molecule has 5 N–H and O–H groups in total. The van der Waals surface area contributed by atoms with Crippen molar-refractivity contribution in [3.8, 4) is 0 Å². The fourth-order valence-electron chi connectivity index (χ4n) is 4.96. The lowest BCUT2D eigenvalue weighted by Crippen LogP contribution is -2.58. The van der Waals surface area contributed by atoms with Crippen molar-refractivity contribution in [3.05, 3.63) is 42.0 Å². The van der Waals surface area contributed by atoms with E-state index in [0.717, 1.165) is 19.1 Å². The maximum absolute atomic E-state index is 13.9. The molecule has 0 aliphatic carbocycles. The number of hydroxylamine groups is 1. The molecule has 2 unspecified atom stereocenters. The SMILES string of the molecule is CC(C)C[C@@H](C(=O)NN)[C@@H](C(=O)NOC1CCCCO1)C(/C=C/c1ccccc1)(C[C@@H](C)CO)S(C)(=O)=O. The van der Waals surface area contributed by atoms with Gasteiger partial charge < -0.3 is 9.84 Å². The van der Waals surface area contributed by atoms with Crippen LogP contribution in [0.25, 0.3) is 6.08 Å². The van der Waals surface area contributed by atoms with Gasteiger partial charge in [0.25, 0.3) is 0 Å². The highest BCUT2D eigenvalue weighted by Gasteiger charge is 2.55. The van der Waals surface area contributed by atoms with Gasteiger partial charge in [-0.25, -0.2) is 24.6 Å². The van der Waals surface area contributed by atoms with E-state index in [2.05, 4.69) is 10.9 Å². The highest BCUT2D eigenvalue weighted by atomic mass is 32.2. The number of hydrogen-bond donors (Lipinski definition) is 4. The van der Waals surface area contributed by atoms with Crippen LogP contribution in [0.4, 0.5) is 0 Å². The second-order valence-electron chi connectivity index (χ2n) is 10.6. The number of sulfone groups is 1. The van der Waals surface area contributed by atoms with E-state index >= 15 is 0 Å². The monoisotopic (exact) mass is 553 g/mol. The van der Waals surface area contributed by atoms with Gasteiger partial charge >= 0.3 is 0 Å². The van der Waals surface area contributed by atoms with Crippen molar-refractivity contribution < 1.29 is 32.7 Å². The molecule has 1 saturated heterocycles. The summed E-state index contributed by atoms with van der Waals surface area (Å²) in [4.78, 5) is 32.6. The number of hydrogen-bond acceptors (Lipinski definition) is 8. The Bertz CT molecular complexity index is 1030. The second-order valence-corrected chi connectivity index (χ2v) is 12.9. The molecule has 1 fully saturated rings. The normalized spacial score (nSPS) is 20.4. The lowest BCUT2D eigenvalue weighted by atomic mass is 9.72. The third kappa shape index (κ3) is 8.60. The topological polar surface area (TPSA) is 157 Å². The zero-order chi connectivity index (χ0) is 28.3. The number of aliphatic hydroxyl groups is 1. The number of nitrogens with two attached hydrogens (primary N) is 1. The van der Waals surface area contributed by atoms with Crippen molar-refractivity contribution in [1.29, 1.82) is 0 Å². The zero-order valence-corrected chi connectivity index (χ0v) is 23.6. The van der Waals surface area contributed by atoms with Gasteiger partial charge in [0.05, 0.1) is 11.8 Å². The molecule has 0 saturated carbocycles. The minimum absolute atomic E-state index is 0.0687. The Hall–Kier alpha value is -2.31. The maximum atomic E-state index is 13.9. The molecule has 214 valence electrons. The number of aliphatic hydroxyl groups excluding tert-OH is 1. The summed E-state index contributed by atoms with van der Waals surface area (Å²) < 4.78 is 31.1. The molecule has 38 heavy (non-hydrogen) atoms. The molecule has 11 heteroatoms. The summed E-state index contributed by atoms with van der Waals surface area (Å²) in [6, 6.07) is 9.05. The molecule has 0 radical (unpaired) electrons. The van der Waals surface area contributed by atoms with Crippen LogP contribution in [0.15, 0.2) is 36.4 Å². The summed E-state index contributed by atoms with van der Waals surface area (Å²) in [5, 5.41) is 9.92. The minimum Gasteiger partial charge on any atom is -0.396 e. The van der Waals surface area contributed by atoms with Gasteiger partial charge in [0.15, 0.2) is 16.1 Å². The Kier molecular flexibility index (Phi) is 12.4. The average Bonchev–Trinajstić information content (AvgIpc) is 2.89. The van der Waals surface area contributed by atoms with Gasteiger partial charge in [-0.1, -0.05) is 63.3 Å². The quantitative estimate of drug-likeness (QED) is 0.155. The molecular weight excluding hydrogens is 510 g/mol. The van der Waals surface area contributed by atoms with Gasteiger partial charge in [-0.3, -0.25) is 15.0 Å². The number of nitrogens with one attached hydrogen (secondary N) is 2. The number of carbonyl (C=O) groups is 2. The van der Waals surface area contributed by atoms with Crippen LogP contribution in [-0.4, -0.2) is 55.8 Å². The van der Waals surface area contributed by atoms with Gasteiger partial charge in [-0.15, -0.1) is 0 Å². The van der Waals surface area contributed by atoms with Crippen LogP contribution in [0.3, 0.4) is 0 Å². The van der Waals surface area contributed by atoms with E-state index in [4.69, 9.17) is 15.4 Å². The van der Waals surface area contributed by atoms with E-state index in [9.17, 15) is 23.1 Å². The zero-order valence-electron chi connectivity index (χ0n) is 22.8.